The van der Waals surface area contributed by atoms with Crippen LogP contribution in [0.3, 0.4) is 0 Å². The van der Waals surface area contributed by atoms with E-state index in [9.17, 15) is 13.2 Å². The number of hydrogen-bond donors (Lipinski definition) is 2. The number of nitrogen functional groups attached to an aromatic ring is 1. The maximum absolute atomic E-state index is 13.6. The molecule has 0 aliphatic carbocycles. The normalized spacial score (nSPS) is 18.7. The molecule has 2 aromatic heterocycles. The second kappa shape index (κ2) is 11.8. The first-order valence-corrected chi connectivity index (χ1v) is 15.4. The molecule has 1 aliphatic heterocycles. The smallest absolute Gasteiger partial charge is 0.268 e. The summed E-state index contributed by atoms with van der Waals surface area (Å²) in [5.41, 5.74) is 8.78. The minimum Gasteiger partial charge on any atom is -0.475 e. The van der Waals surface area contributed by atoms with Crippen molar-refractivity contribution in [1.82, 2.24) is 14.7 Å². The molecule has 3 heterocycles. The second-order valence-corrected chi connectivity index (χ2v) is 12.6. The lowest BCUT2D eigenvalue weighted by atomic mass is 9.92. The first-order valence-electron chi connectivity index (χ1n) is 13.9. The molecule has 42 heavy (non-hydrogen) atoms. The quantitative estimate of drug-likeness (QED) is 0.263. The minimum atomic E-state index is -4.18. The van der Waals surface area contributed by atoms with Crippen LogP contribution in [-0.4, -0.2) is 42.5 Å². The lowest BCUT2D eigenvalue weighted by Gasteiger charge is -2.31. The highest BCUT2D eigenvalue weighted by atomic mass is 32.2. The molecule has 9 nitrogen and oxygen atoms in total. The summed E-state index contributed by atoms with van der Waals surface area (Å²) in [5, 5.41) is 0. The van der Waals surface area contributed by atoms with E-state index in [1.807, 2.05) is 38.1 Å². The molecule has 1 fully saturated rings. The van der Waals surface area contributed by atoms with Crippen LogP contribution in [0.25, 0.3) is 11.3 Å². The molecule has 3 unspecified atom stereocenters. The van der Waals surface area contributed by atoms with Crippen LogP contribution in [0.1, 0.15) is 56.0 Å². The van der Waals surface area contributed by atoms with E-state index < -0.39 is 15.9 Å². The summed E-state index contributed by atoms with van der Waals surface area (Å²) in [4.78, 5) is 25.0. The van der Waals surface area contributed by atoms with E-state index in [1.165, 1.54) is 23.8 Å². The molecule has 2 aromatic carbocycles. The lowest BCUT2D eigenvalue weighted by Crippen LogP contribution is -2.38. The molecule has 4 aromatic rings. The summed E-state index contributed by atoms with van der Waals surface area (Å²) in [5.74, 6) is 0.346. The zero-order valence-electron chi connectivity index (χ0n) is 24.1. The van der Waals surface area contributed by atoms with Crippen molar-refractivity contribution < 1.29 is 17.9 Å². The van der Waals surface area contributed by atoms with Gasteiger partial charge in [-0.05, 0) is 76.1 Å². The third kappa shape index (κ3) is 6.08. The summed E-state index contributed by atoms with van der Waals surface area (Å²) in [6.07, 6.45) is 2.52. The fourth-order valence-corrected chi connectivity index (χ4v) is 6.55. The Bertz CT molecular complexity index is 1680. The average molecular weight is 586 g/mol. The number of rotatable bonds is 8. The Labute approximate surface area is 246 Å². The molecule has 0 spiro atoms. The number of benzene rings is 2. The number of nitrogens with zero attached hydrogens (tertiary/aromatic N) is 3. The Morgan fingerprint density at radius 3 is 2.45 bits per heavy atom. The maximum Gasteiger partial charge on any atom is 0.268 e. The van der Waals surface area contributed by atoms with Gasteiger partial charge in [0, 0.05) is 41.5 Å². The number of carbonyl (C=O) groups excluding carboxylic acids is 1. The molecule has 0 saturated carbocycles. The third-order valence-electron chi connectivity index (χ3n) is 7.47. The minimum absolute atomic E-state index is 0.00909. The van der Waals surface area contributed by atoms with Gasteiger partial charge in [0.1, 0.15) is 5.82 Å². The van der Waals surface area contributed by atoms with Crippen molar-refractivity contribution in [3.8, 4) is 17.1 Å². The Kier molecular flexibility index (Phi) is 8.17. The number of sulfonamides is 1. The van der Waals surface area contributed by atoms with Crippen molar-refractivity contribution in [2.45, 2.75) is 63.1 Å². The van der Waals surface area contributed by atoms with Gasteiger partial charge in [-0.2, -0.15) is 0 Å². The Morgan fingerprint density at radius 2 is 1.79 bits per heavy atom. The van der Waals surface area contributed by atoms with Gasteiger partial charge in [0.25, 0.3) is 15.9 Å². The van der Waals surface area contributed by atoms with Crippen molar-refractivity contribution in [2.24, 2.45) is 0 Å². The highest BCUT2D eigenvalue weighted by Crippen LogP contribution is 2.41. The van der Waals surface area contributed by atoms with Crippen molar-refractivity contribution in [3.05, 3.63) is 96.2 Å². The molecule has 0 radical (unpaired) electrons. The predicted molar refractivity (Wildman–Crippen MR) is 164 cm³/mol. The van der Waals surface area contributed by atoms with Crippen LogP contribution in [-0.2, 0) is 10.0 Å². The first-order chi connectivity index (χ1) is 20.0. The maximum atomic E-state index is 13.6. The van der Waals surface area contributed by atoms with Crippen molar-refractivity contribution in [2.75, 3.05) is 10.6 Å². The third-order valence-corrected chi connectivity index (χ3v) is 8.80. The largest absolute Gasteiger partial charge is 0.475 e. The molecule has 1 amide bonds. The van der Waals surface area contributed by atoms with E-state index in [2.05, 4.69) is 40.6 Å². The van der Waals surface area contributed by atoms with E-state index in [0.29, 0.717) is 17.4 Å². The van der Waals surface area contributed by atoms with E-state index in [-0.39, 0.29) is 40.3 Å². The van der Waals surface area contributed by atoms with Gasteiger partial charge >= 0.3 is 0 Å². The topological polar surface area (TPSA) is 128 Å². The fraction of sp³-hybridized carbons (Fsp3) is 0.281. The van der Waals surface area contributed by atoms with Crippen LogP contribution < -0.4 is 20.1 Å². The summed E-state index contributed by atoms with van der Waals surface area (Å²) < 4.78 is 34.1. The van der Waals surface area contributed by atoms with E-state index in [1.54, 1.807) is 30.5 Å². The molecule has 218 valence electrons. The van der Waals surface area contributed by atoms with E-state index in [0.717, 1.165) is 12.0 Å². The highest BCUT2D eigenvalue weighted by Gasteiger charge is 2.39. The molecular formula is C32H35N5O4S. The monoisotopic (exact) mass is 585 g/mol. The summed E-state index contributed by atoms with van der Waals surface area (Å²) >= 11 is 0. The van der Waals surface area contributed by atoms with Crippen LogP contribution in [0.15, 0.2) is 90.0 Å². The average Bonchev–Trinajstić information content (AvgIpc) is 3.26. The Hall–Kier alpha value is -4.44. The molecule has 0 bridgehead atoms. The Balaban J connectivity index is 1.55. The summed E-state index contributed by atoms with van der Waals surface area (Å²) in [6, 6.07) is 23.1. The molecule has 1 aliphatic rings. The van der Waals surface area contributed by atoms with Crippen LogP contribution in [0, 0.1) is 0 Å². The predicted octanol–water partition coefficient (Wildman–Crippen LogP) is 5.40. The molecule has 5 rings (SSSR count). The fourth-order valence-electron chi connectivity index (χ4n) is 5.53. The van der Waals surface area contributed by atoms with Crippen molar-refractivity contribution in [1.29, 1.82) is 0 Å². The van der Waals surface area contributed by atoms with Gasteiger partial charge in [-0.25, -0.2) is 23.1 Å². The Morgan fingerprint density at radius 1 is 1.02 bits per heavy atom. The molecule has 3 N–H and O–H groups in total. The standard InChI is InChI=1S/C32H35N5O4S/c1-20(2)41-30-16-13-24(19-34-30)29-15-14-27(32(38)36-42(39,40)26-12-8-11-25(33)18-26)31(35-29)37-21(3)17-28(22(37)4)23-9-6-5-7-10-23/h5-16,18-22,28H,17,33H2,1-4H3,(H,36,38). The summed E-state index contributed by atoms with van der Waals surface area (Å²) in [7, 11) is -4.18. The van der Waals surface area contributed by atoms with Crippen LogP contribution in [0.5, 0.6) is 5.88 Å². The van der Waals surface area contributed by atoms with E-state index in [4.69, 9.17) is 15.5 Å². The van der Waals surface area contributed by atoms with Gasteiger partial charge in [-0.15, -0.1) is 0 Å². The number of pyridine rings is 2. The second-order valence-electron chi connectivity index (χ2n) is 10.9. The first kappa shape index (κ1) is 29.1. The molecule has 10 heteroatoms. The number of nitrogens with one attached hydrogen (secondary N) is 1. The van der Waals surface area contributed by atoms with Gasteiger partial charge < -0.3 is 15.4 Å². The van der Waals surface area contributed by atoms with Gasteiger partial charge in [0.05, 0.1) is 22.3 Å². The number of hydrogen-bond acceptors (Lipinski definition) is 8. The van der Waals surface area contributed by atoms with Gasteiger partial charge in [-0.3, -0.25) is 4.79 Å². The lowest BCUT2D eigenvalue weighted by molar-refractivity contribution is 0.0981. The molecular weight excluding hydrogens is 550 g/mol. The number of carbonyl (C=O) groups is 1. The zero-order valence-corrected chi connectivity index (χ0v) is 24.9. The highest BCUT2D eigenvalue weighted by molar-refractivity contribution is 7.90. The van der Waals surface area contributed by atoms with Gasteiger partial charge in [0.15, 0.2) is 0 Å². The summed E-state index contributed by atoms with van der Waals surface area (Å²) in [6.45, 7) is 8.07. The van der Waals surface area contributed by atoms with Crippen LogP contribution in [0.4, 0.5) is 11.5 Å². The number of anilines is 2. The van der Waals surface area contributed by atoms with Crippen LogP contribution in [0.2, 0.25) is 0 Å². The molecule has 3 atom stereocenters. The van der Waals surface area contributed by atoms with Crippen molar-refractivity contribution in [3.63, 3.8) is 0 Å². The SMILES string of the molecule is CC(C)Oc1ccc(-c2ccc(C(=O)NS(=O)(=O)c3cccc(N)c3)c(N3C(C)CC(c4ccccc4)C3C)n2)cn1. The van der Waals surface area contributed by atoms with Crippen LogP contribution >= 0.6 is 0 Å². The number of aromatic nitrogens is 2. The molecule has 1 saturated heterocycles. The van der Waals surface area contributed by atoms with Crippen molar-refractivity contribution >= 4 is 27.4 Å². The number of amides is 1. The zero-order chi connectivity index (χ0) is 30.0. The number of ether oxygens (including phenoxy) is 1. The number of nitrogens with two attached hydrogens (primary N) is 1. The van der Waals surface area contributed by atoms with E-state index >= 15 is 0 Å². The van der Waals surface area contributed by atoms with Gasteiger partial charge in [-0.1, -0.05) is 36.4 Å². The van der Waals surface area contributed by atoms with Gasteiger partial charge in [0.2, 0.25) is 5.88 Å².